The Balaban J connectivity index is 1.79. The molecule has 2 aromatic rings. The largest absolute Gasteiger partial charge is 0.505 e. The van der Waals surface area contributed by atoms with Crippen molar-refractivity contribution >= 4 is 5.91 Å². The number of carbonyl (C=O) groups is 1. The summed E-state index contributed by atoms with van der Waals surface area (Å²) >= 11 is 0. The third kappa shape index (κ3) is 4.27. The first-order chi connectivity index (χ1) is 10.1. The molecule has 1 aromatic carbocycles. The fourth-order valence-electron chi connectivity index (χ4n) is 1.94. The minimum atomic E-state index is -0.695. The van der Waals surface area contributed by atoms with Gasteiger partial charge in [-0.25, -0.2) is 9.37 Å². The predicted molar refractivity (Wildman–Crippen MR) is 73.9 cm³/mol. The van der Waals surface area contributed by atoms with E-state index < -0.39 is 11.6 Å². The van der Waals surface area contributed by atoms with Crippen molar-refractivity contribution in [2.45, 2.75) is 32.4 Å². The molecule has 1 amide bonds. The number of amides is 1. The molecule has 0 radical (unpaired) electrons. The van der Waals surface area contributed by atoms with Crippen LogP contribution >= 0.6 is 0 Å². The van der Waals surface area contributed by atoms with Crippen LogP contribution < -0.4 is 5.32 Å². The van der Waals surface area contributed by atoms with Crippen LogP contribution in [0.3, 0.4) is 0 Å². The van der Waals surface area contributed by atoms with Crippen LogP contribution in [-0.4, -0.2) is 25.8 Å². The molecule has 0 spiro atoms. The van der Waals surface area contributed by atoms with Gasteiger partial charge in [0.25, 0.3) is 0 Å². The Labute approximate surface area is 121 Å². The van der Waals surface area contributed by atoms with Gasteiger partial charge in [-0.2, -0.15) is 5.10 Å². The lowest BCUT2D eigenvalue weighted by atomic mass is 10.1. The predicted octanol–water partition coefficient (Wildman–Crippen LogP) is 1.78. The number of hydrogen-bond acceptors (Lipinski definition) is 4. The highest BCUT2D eigenvalue weighted by atomic mass is 19.1. The molecule has 7 heteroatoms. The van der Waals surface area contributed by atoms with Gasteiger partial charge < -0.3 is 10.4 Å². The number of nitrogens with zero attached hydrogens (tertiary/aromatic N) is 3. The second-order valence-electron chi connectivity index (χ2n) is 4.76. The number of halogens is 1. The molecule has 6 nitrogen and oxygen atoms in total. The minimum absolute atomic E-state index is 0.115. The Morgan fingerprint density at radius 1 is 1.52 bits per heavy atom. The molecule has 1 aromatic heterocycles. The molecule has 0 aliphatic rings. The topological polar surface area (TPSA) is 80.0 Å². The second-order valence-corrected chi connectivity index (χ2v) is 4.76. The van der Waals surface area contributed by atoms with Gasteiger partial charge in [-0.3, -0.25) is 9.48 Å². The Hall–Kier alpha value is -2.44. The van der Waals surface area contributed by atoms with Crippen molar-refractivity contribution in [3.05, 3.63) is 42.2 Å². The average molecular weight is 292 g/mol. The van der Waals surface area contributed by atoms with E-state index in [1.165, 1.54) is 18.5 Å². The maximum Gasteiger partial charge on any atom is 0.220 e. The first-order valence-corrected chi connectivity index (χ1v) is 6.66. The van der Waals surface area contributed by atoms with Crippen molar-refractivity contribution in [1.82, 2.24) is 20.1 Å². The molecule has 0 aliphatic heterocycles. The van der Waals surface area contributed by atoms with Crippen LogP contribution in [0.15, 0.2) is 30.9 Å². The summed E-state index contributed by atoms with van der Waals surface area (Å²) in [4.78, 5) is 15.6. The molecule has 1 heterocycles. The number of carbonyl (C=O) groups excluding carboxylic acids is 1. The summed E-state index contributed by atoms with van der Waals surface area (Å²) in [7, 11) is 0. The molecule has 0 bridgehead atoms. The molecule has 2 rings (SSSR count). The summed E-state index contributed by atoms with van der Waals surface area (Å²) in [6.45, 7) is 2.39. The summed E-state index contributed by atoms with van der Waals surface area (Å²) in [5, 5.41) is 15.9. The summed E-state index contributed by atoms with van der Waals surface area (Å²) in [5.74, 6) is -1.21. The summed E-state index contributed by atoms with van der Waals surface area (Å²) in [5.41, 5.74) is 0.606. The van der Waals surface area contributed by atoms with Crippen LogP contribution in [0.2, 0.25) is 0 Å². The Bertz CT molecular complexity index is 601. The van der Waals surface area contributed by atoms with Crippen molar-refractivity contribution in [2.75, 3.05) is 0 Å². The molecular formula is C14H17FN4O2. The molecule has 0 aliphatic carbocycles. The maximum atomic E-state index is 13.3. The minimum Gasteiger partial charge on any atom is -0.505 e. The molecule has 0 fully saturated rings. The normalized spacial score (nSPS) is 12.1. The smallest absolute Gasteiger partial charge is 0.220 e. The van der Waals surface area contributed by atoms with E-state index in [0.717, 1.165) is 0 Å². The zero-order chi connectivity index (χ0) is 15.2. The van der Waals surface area contributed by atoms with Gasteiger partial charge >= 0.3 is 0 Å². The Morgan fingerprint density at radius 3 is 3.00 bits per heavy atom. The van der Waals surface area contributed by atoms with Crippen LogP contribution in [0.1, 0.15) is 31.4 Å². The van der Waals surface area contributed by atoms with E-state index in [9.17, 15) is 9.18 Å². The lowest BCUT2D eigenvalue weighted by Gasteiger charge is -2.14. The highest BCUT2D eigenvalue weighted by molar-refractivity contribution is 5.76. The van der Waals surface area contributed by atoms with Crippen LogP contribution in [0.5, 0.6) is 5.75 Å². The van der Waals surface area contributed by atoms with E-state index in [2.05, 4.69) is 15.4 Å². The molecule has 2 N–H and O–H groups in total. The van der Waals surface area contributed by atoms with Crippen molar-refractivity contribution in [2.24, 2.45) is 0 Å². The van der Waals surface area contributed by atoms with Crippen LogP contribution in [0.4, 0.5) is 4.39 Å². The standard InChI is InChI=1S/C14H17FN4O2/c1-10(11-4-5-13(20)12(15)7-11)18-14(21)3-2-6-19-9-16-8-17-19/h4-5,7-10,20H,2-3,6H2,1H3,(H,18,21). The van der Waals surface area contributed by atoms with Crippen molar-refractivity contribution in [3.8, 4) is 5.75 Å². The molecule has 21 heavy (non-hydrogen) atoms. The van der Waals surface area contributed by atoms with E-state index in [4.69, 9.17) is 5.11 Å². The third-order valence-corrected chi connectivity index (χ3v) is 3.11. The van der Waals surface area contributed by atoms with Gasteiger partial charge in [0.15, 0.2) is 11.6 Å². The monoisotopic (exact) mass is 292 g/mol. The second kappa shape index (κ2) is 6.83. The molecular weight excluding hydrogens is 275 g/mol. The fraction of sp³-hybridized carbons (Fsp3) is 0.357. The fourth-order valence-corrected chi connectivity index (χ4v) is 1.94. The van der Waals surface area contributed by atoms with E-state index in [0.29, 0.717) is 24.9 Å². The van der Waals surface area contributed by atoms with Gasteiger partial charge in [-0.15, -0.1) is 0 Å². The summed E-state index contributed by atoms with van der Waals surface area (Å²) in [6.07, 6.45) is 4.04. The number of aryl methyl sites for hydroxylation is 1. The lowest BCUT2D eigenvalue weighted by molar-refractivity contribution is -0.121. The van der Waals surface area contributed by atoms with Crippen molar-refractivity contribution in [3.63, 3.8) is 0 Å². The number of phenolic OH excluding ortho intramolecular Hbond substituents is 1. The zero-order valence-electron chi connectivity index (χ0n) is 11.7. The number of hydrogen-bond donors (Lipinski definition) is 2. The van der Waals surface area contributed by atoms with E-state index in [-0.39, 0.29) is 11.9 Å². The maximum absolute atomic E-state index is 13.3. The molecule has 1 unspecified atom stereocenters. The number of nitrogens with one attached hydrogen (secondary N) is 1. The van der Waals surface area contributed by atoms with Gasteiger partial charge in [-0.1, -0.05) is 6.07 Å². The van der Waals surface area contributed by atoms with Gasteiger partial charge in [-0.05, 0) is 31.0 Å². The molecule has 112 valence electrons. The van der Waals surface area contributed by atoms with E-state index in [1.54, 1.807) is 24.0 Å². The van der Waals surface area contributed by atoms with Gasteiger partial charge in [0.2, 0.25) is 5.91 Å². The quantitative estimate of drug-likeness (QED) is 0.850. The number of rotatable bonds is 6. The number of benzene rings is 1. The SMILES string of the molecule is CC(NC(=O)CCCn1cncn1)c1ccc(O)c(F)c1. The van der Waals surface area contributed by atoms with Crippen LogP contribution in [0.25, 0.3) is 0 Å². The number of phenols is 1. The zero-order valence-corrected chi connectivity index (χ0v) is 11.7. The average Bonchev–Trinajstić information content (AvgIpc) is 2.95. The van der Waals surface area contributed by atoms with Gasteiger partial charge in [0.1, 0.15) is 12.7 Å². The highest BCUT2D eigenvalue weighted by Gasteiger charge is 2.11. The van der Waals surface area contributed by atoms with Gasteiger partial charge in [0.05, 0.1) is 6.04 Å². The van der Waals surface area contributed by atoms with Gasteiger partial charge in [0, 0.05) is 13.0 Å². The summed E-state index contributed by atoms with van der Waals surface area (Å²) in [6, 6.07) is 3.76. The first-order valence-electron chi connectivity index (χ1n) is 6.66. The first kappa shape index (κ1) is 15.0. The van der Waals surface area contributed by atoms with Crippen LogP contribution in [-0.2, 0) is 11.3 Å². The van der Waals surface area contributed by atoms with Crippen LogP contribution in [0, 0.1) is 5.82 Å². The Morgan fingerprint density at radius 2 is 2.33 bits per heavy atom. The van der Waals surface area contributed by atoms with Crippen molar-refractivity contribution < 1.29 is 14.3 Å². The van der Waals surface area contributed by atoms with E-state index in [1.807, 2.05) is 0 Å². The van der Waals surface area contributed by atoms with Crippen molar-refractivity contribution in [1.29, 1.82) is 0 Å². The lowest BCUT2D eigenvalue weighted by Crippen LogP contribution is -2.26. The number of aromatic nitrogens is 3. The molecule has 1 atom stereocenters. The summed E-state index contributed by atoms with van der Waals surface area (Å²) < 4.78 is 14.9. The Kier molecular flexibility index (Phi) is 4.86. The molecule has 0 saturated heterocycles. The van der Waals surface area contributed by atoms with E-state index >= 15 is 0 Å². The highest BCUT2D eigenvalue weighted by Crippen LogP contribution is 2.20. The number of aromatic hydroxyl groups is 1. The molecule has 0 saturated carbocycles. The third-order valence-electron chi connectivity index (χ3n) is 3.11.